The minimum Gasteiger partial charge on any atom is -0.444 e. The Labute approximate surface area is 259 Å². The van der Waals surface area contributed by atoms with E-state index in [0.717, 1.165) is 45.3 Å². The van der Waals surface area contributed by atoms with Crippen LogP contribution in [0.3, 0.4) is 0 Å². The second-order valence-electron chi connectivity index (χ2n) is 14.0. The van der Waals surface area contributed by atoms with Crippen molar-refractivity contribution in [1.29, 1.82) is 0 Å². The number of ether oxygens (including phenoxy) is 3. The van der Waals surface area contributed by atoms with Gasteiger partial charge in [-0.1, -0.05) is 6.07 Å². The summed E-state index contributed by atoms with van der Waals surface area (Å²) >= 11 is 0. The molecule has 2 saturated heterocycles. The lowest BCUT2D eigenvalue weighted by Crippen LogP contribution is -2.51. The smallest absolute Gasteiger partial charge is 0.410 e. The maximum absolute atomic E-state index is 14.0. The molecule has 3 aliphatic heterocycles. The van der Waals surface area contributed by atoms with Gasteiger partial charge in [0, 0.05) is 62.2 Å². The van der Waals surface area contributed by atoms with Gasteiger partial charge in [0.15, 0.2) is 0 Å². The van der Waals surface area contributed by atoms with E-state index in [1.807, 2.05) is 43.0 Å². The molecule has 1 aromatic carbocycles. The number of H-pyrrole nitrogens is 1. The lowest BCUT2D eigenvalue weighted by Gasteiger charge is -2.41. The standard InChI is InChI=1S/C34H45N5O5/c1-21-16-35-30-26(21)14-24(17-36-30)23-12-22-8-9-37(31(40)39-18-25(42-7)15-34(39,5)6)19-28(22)27(13-23)29-20-43-11-10-38(29)32(41)44-33(2,3)4/h12-14,16-17,25,29H,8-11,15,18-20H2,1-7H3,(H,35,36)/t25?,29-/m0/s1. The van der Waals surface area contributed by atoms with E-state index in [-0.39, 0.29) is 29.8 Å². The Bertz CT molecular complexity index is 1570. The Kier molecular flexibility index (Phi) is 7.86. The first-order valence-corrected chi connectivity index (χ1v) is 15.6. The summed E-state index contributed by atoms with van der Waals surface area (Å²) in [6, 6.07) is 6.23. The van der Waals surface area contributed by atoms with Gasteiger partial charge in [0.2, 0.25) is 0 Å². The molecule has 44 heavy (non-hydrogen) atoms. The van der Waals surface area contributed by atoms with Crippen LogP contribution in [-0.4, -0.2) is 94.0 Å². The van der Waals surface area contributed by atoms with Crippen LogP contribution in [0.15, 0.2) is 30.6 Å². The molecule has 0 radical (unpaired) electrons. The third kappa shape index (κ3) is 5.77. The molecule has 0 saturated carbocycles. The Hall–Kier alpha value is -3.63. The summed E-state index contributed by atoms with van der Waals surface area (Å²) in [5.41, 5.74) is 6.36. The minimum absolute atomic E-state index is 0.0247. The van der Waals surface area contributed by atoms with E-state index in [4.69, 9.17) is 14.2 Å². The zero-order valence-electron chi connectivity index (χ0n) is 27.0. The number of pyridine rings is 1. The van der Waals surface area contributed by atoms with Gasteiger partial charge in [0.05, 0.1) is 25.4 Å². The van der Waals surface area contributed by atoms with Gasteiger partial charge in [-0.25, -0.2) is 14.6 Å². The van der Waals surface area contributed by atoms with Crippen LogP contribution in [0.25, 0.3) is 22.2 Å². The van der Waals surface area contributed by atoms with Gasteiger partial charge in [0.1, 0.15) is 11.2 Å². The number of aromatic amines is 1. The number of hydrogen-bond donors (Lipinski definition) is 1. The SMILES string of the molecule is COC1CN(C(=O)N2CCc3cc(-c4cnc5[nH]cc(C)c5c4)cc([C@@H]4COCCN4C(=O)OC(C)(C)C)c3C2)C(C)(C)C1. The number of carbonyl (C=O) groups excluding carboxylic acids is 2. The van der Waals surface area contributed by atoms with Gasteiger partial charge >= 0.3 is 12.1 Å². The molecule has 2 fully saturated rings. The molecule has 3 aromatic rings. The lowest BCUT2D eigenvalue weighted by atomic mass is 9.87. The first-order chi connectivity index (χ1) is 20.8. The van der Waals surface area contributed by atoms with Crippen molar-refractivity contribution in [2.75, 3.05) is 40.0 Å². The monoisotopic (exact) mass is 603 g/mol. The number of fused-ring (bicyclic) bond motifs is 2. The Morgan fingerprint density at radius 1 is 1.14 bits per heavy atom. The normalized spacial score (nSPS) is 21.9. The molecule has 1 N–H and O–H groups in total. The maximum Gasteiger partial charge on any atom is 0.410 e. The van der Waals surface area contributed by atoms with Crippen LogP contribution in [0.4, 0.5) is 9.59 Å². The van der Waals surface area contributed by atoms with Crippen molar-refractivity contribution in [3.63, 3.8) is 0 Å². The van der Waals surface area contributed by atoms with Crippen LogP contribution in [0.5, 0.6) is 0 Å². The number of aromatic nitrogens is 2. The Morgan fingerprint density at radius 3 is 2.66 bits per heavy atom. The summed E-state index contributed by atoms with van der Waals surface area (Å²) in [7, 11) is 1.71. The highest BCUT2D eigenvalue weighted by Gasteiger charge is 2.44. The second-order valence-corrected chi connectivity index (χ2v) is 14.0. The minimum atomic E-state index is -0.622. The van der Waals surface area contributed by atoms with E-state index in [9.17, 15) is 9.59 Å². The molecule has 10 heteroatoms. The summed E-state index contributed by atoms with van der Waals surface area (Å²) < 4.78 is 17.5. The molecule has 0 aliphatic carbocycles. The molecule has 0 spiro atoms. The van der Waals surface area contributed by atoms with Crippen molar-refractivity contribution < 1.29 is 23.8 Å². The Balaban J connectivity index is 1.41. The number of hydrogen-bond acceptors (Lipinski definition) is 6. The molecule has 236 valence electrons. The number of likely N-dealkylation sites (tertiary alicyclic amines) is 1. The number of morpholine rings is 1. The van der Waals surface area contributed by atoms with Crippen LogP contribution in [0, 0.1) is 6.92 Å². The number of amides is 3. The van der Waals surface area contributed by atoms with Gasteiger partial charge < -0.3 is 29.0 Å². The van der Waals surface area contributed by atoms with E-state index < -0.39 is 5.60 Å². The number of rotatable bonds is 3. The predicted molar refractivity (Wildman–Crippen MR) is 168 cm³/mol. The molecule has 3 aliphatic rings. The first kappa shape index (κ1) is 30.4. The highest BCUT2D eigenvalue weighted by molar-refractivity contribution is 5.85. The fourth-order valence-corrected chi connectivity index (χ4v) is 6.87. The van der Waals surface area contributed by atoms with Crippen molar-refractivity contribution >= 4 is 23.2 Å². The molecular weight excluding hydrogens is 558 g/mol. The average molecular weight is 604 g/mol. The fraction of sp³-hybridized carbons (Fsp3) is 0.559. The van der Waals surface area contributed by atoms with Gasteiger partial charge in [-0.2, -0.15) is 0 Å². The van der Waals surface area contributed by atoms with Crippen LogP contribution in [0.1, 0.15) is 69.3 Å². The molecule has 1 unspecified atom stereocenters. The van der Waals surface area contributed by atoms with Gasteiger partial charge in [-0.15, -0.1) is 0 Å². The van der Waals surface area contributed by atoms with Crippen LogP contribution < -0.4 is 0 Å². The fourth-order valence-electron chi connectivity index (χ4n) is 6.87. The zero-order chi connectivity index (χ0) is 31.4. The highest BCUT2D eigenvalue weighted by atomic mass is 16.6. The van der Waals surface area contributed by atoms with Crippen LogP contribution in [-0.2, 0) is 27.2 Å². The van der Waals surface area contributed by atoms with Gasteiger partial charge in [0.25, 0.3) is 0 Å². The largest absolute Gasteiger partial charge is 0.444 e. The molecular formula is C34H45N5O5. The quantitative estimate of drug-likeness (QED) is 0.405. The van der Waals surface area contributed by atoms with E-state index in [1.54, 1.807) is 12.0 Å². The maximum atomic E-state index is 14.0. The Morgan fingerprint density at radius 2 is 1.93 bits per heavy atom. The molecule has 3 amide bonds. The van der Waals surface area contributed by atoms with E-state index >= 15 is 0 Å². The predicted octanol–water partition coefficient (Wildman–Crippen LogP) is 5.82. The van der Waals surface area contributed by atoms with Gasteiger partial charge in [-0.05, 0) is 94.3 Å². The van der Waals surface area contributed by atoms with E-state index in [0.29, 0.717) is 45.8 Å². The molecule has 6 rings (SSSR count). The van der Waals surface area contributed by atoms with E-state index in [1.165, 1.54) is 5.56 Å². The van der Waals surface area contributed by atoms with Crippen molar-refractivity contribution in [3.05, 3.63) is 52.8 Å². The first-order valence-electron chi connectivity index (χ1n) is 15.6. The molecule has 2 aromatic heterocycles. The molecule has 10 nitrogen and oxygen atoms in total. The zero-order valence-corrected chi connectivity index (χ0v) is 27.0. The summed E-state index contributed by atoms with van der Waals surface area (Å²) in [6.07, 6.45) is 5.05. The van der Waals surface area contributed by atoms with Gasteiger partial charge in [-0.3, -0.25) is 4.90 Å². The molecule has 5 heterocycles. The van der Waals surface area contributed by atoms with Crippen molar-refractivity contribution in [3.8, 4) is 11.1 Å². The average Bonchev–Trinajstić information content (AvgIpc) is 3.52. The number of methoxy groups -OCH3 is 1. The summed E-state index contributed by atoms with van der Waals surface area (Å²) in [5, 5.41) is 1.08. The van der Waals surface area contributed by atoms with Crippen molar-refractivity contribution in [2.45, 2.75) is 84.2 Å². The lowest BCUT2D eigenvalue weighted by molar-refractivity contribution is -0.0334. The topological polar surface area (TPSA) is 100 Å². The van der Waals surface area contributed by atoms with Crippen molar-refractivity contribution in [2.24, 2.45) is 0 Å². The number of nitrogens with one attached hydrogen (secondary N) is 1. The number of urea groups is 1. The number of benzene rings is 1. The van der Waals surface area contributed by atoms with Crippen LogP contribution in [0.2, 0.25) is 0 Å². The summed E-state index contributed by atoms with van der Waals surface area (Å²) in [6.45, 7) is 14.8. The number of carbonyl (C=O) groups is 2. The summed E-state index contributed by atoms with van der Waals surface area (Å²) in [4.78, 5) is 41.1. The van der Waals surface area contributed by atoms with E-state index in [2.05, 4.69) is 48.9 Å². The highest BCUT2D eigenvalue weighted by Crippen LogP contribution is 2.38. The van der Waals surface area contributed by atoms with Crippen LogP contribution >= 0.6 is 0 Å². The second kappa shape index (κ2) is 11.4. The summed E-state index contributed by atoms with van der Waals surface area (Å²) in [5.74, 6) is 0. The van der Waals surface area contributed by atoms with Crippen molar-refractivity contribution in [1.82, 2.24) is 24.7 Å². The number of aryl methyl sites for hydroxylation is 1. The molecule has 0 bridgehead atoms. The number of nitrogens with zero attached hydrogens (tertiary/aromatic N) is 4. The third-order valence-corrected chi connectivity index (χ3v) is 9.24. The third-order valence-electron chi connectivity index (χ3n) is 9.24. The molecule has 2 atom stereocenters.